The molecule has 5 rings (SSSR count). The van der Waals surface area contributed by atoms with E-state index in [1.807, 2.05) is 32.0 Å². The van der Waals surface area contributed by atoms with Crippen molar-refractivity contribution in [3.63, 3.8) is 0 Å². The van der Waals surface area contributed by atoms with Gasteiger partial charge in [0.15, 0.2) is 0 Å². The van der Waals surface area contributed by atoms with E-state index < -0.39 is 0 Å². The fourth-order valence-corrected chi connectivity index (χ4v) is 3.77. The molecule has 0 saturated heterocycles. The zero-order valence-corrected chi connectivity index (χ0v) is 15.8. The van der Waals surface area contributed by atoms with Crippen molar-refractivity contribution in [3.8, 4) is 28.3 Å². The Morgan fingerprint density at radius 1 is 1.04 bits per heavy atom. The molecule has 0 saturated carbocycles. The van der Waals surface area contributed by atoms with Crippen molar-refractivity contribution in [1.82, 2.24) is 20.1 Å². The number of fused-ring (bicyclic) bond motifs is 2. The number of nitrogens with zero attached hydrogens (tertiary/aromatic N) is 3. The largest absolute Gasteiger partial charge is 0.468 e. The number of benzene rings is 2. The Morgan fingerprint density at radius 2 is 1.93 bits per heavy atom. The Morgan fingerprint density at radius 3 is 2.71 bits per heavy atom. The van der Waals surface area contributed by atoms with Gasteiger partial charge in [0.2, 0.25) is 0 Å². The summed E-state index contributed by atoms with van der Waals surface area (Å²) in [5.74, 6) is 0.786. The van der Waals surface area contributed by atoms with Gasteiger partial charge in [-0.15, -0.1) is 0 Å². The third kappa shape index (κ3) is 2.45. The normalized spacial score (nSPS) is 11.4. The Bertz CT molecular complexity index is 1310. The SMILES string of the molecule is COc1nc2c(-c3cccc4ncccc34)cc(-c3c(C)noc3C)cc2[nH]1. The van der Waals surface area contributed by atoms with Crippen molar-refractivity contribution in [2.24, 2.45) is 0 Å². The van der Waals surface area contributed by atoms with Gasteiger partial charge < -0.3 is 14.2 Å². The molecule has 5 aromatic rings. The second-order valence-corrected chi connectivity index (χ2v) is 6.74. The number of hydrogen-bond acceptors (Lipinski definition) is 5. The van der Waals surface area contributed by atoms with E-state index in [1.54, 1.807) is 13.3 Å². The highest BCUT2D eigenvalue weighted by molar-refractivity contribution is 6.04. The number of imidazole rings is 1. The van der Waals surface area contributed by atoms with Crippen molar-refractivity contribution in [1.29, 1.82) is 0 Å². The number of H-pyrrole nitrogens is 1. The number of aromatic amines is 1. The molecule has 2 aromatic carbocycles. The smallest absolute Gasteiger partial charge is 0.294 e. The highest BCUT2D eigenvalue weighted by Gasteiger charge is 2.18. The molecule has 3 aromatic heterocycles. The van der Waals surface area contributed by atoms with Crippen molar-refractivity contribution in [2.45, 2.75) is 13.8 Å². The molecule has 0 spiro atoms. The molecule has 0 amide bonds. The maximum atomic E-state index is 5.39. The third-order valence-corrected chi connectivity index (χ3v) is 5.02. The van der Waals surface area contributed by atoms with Crippen LogP contribution in [0.25, 0.3) is 44.2 Å². The Kier molecular flexibility index (Phi) is 3.65. The number of pyridine rings is 1. The Hall–Kier alpha value is -3.67. The summed E-state index contributed by atoms with van der Waals surface area (Å²) in [6.45, 7) is 3.87. The van der Waals surface area contributed by atoms with Gasteiger partial charge in [-0.3, -0.25) is 4.98 Å². The van der Waals surface area contributed by atoms with Crippen LogP contribution in [-0.2, 0) is 0 Å². The number of aryl methyl sites for hydroxylation is 2. The number of nitrogens with one attached hydrogen (secondary N) is 1. The molecule has 0 atom stereocenters. The van der Waals surface area contributed by atoms with Crippen molar-refractivity contribution < 1.29 is 9.26 Å². The van der Waals surface area contributed by atoms with Gasteiger partial charge in [-0.05, 0) is 49.2 Å². The molecule has 6 heteroatoms. The predicted molar refractivity (Wildman–Crippen MR) is 108 cm³/mol. The van der Waals surface area contributed by atoms with E-state index in [2.05, 4.69) is 44.4 Å². The minimum Gasteiger partial charge on any atom is -0.468 e. The van der Waals surface area contributed by atoms with Crippen LogP contribution in [0.5, 0.6) is 6.01 Å². The van der Waals surface area contributed by atoms with Crippen molar-refractivity contribution in [2.75, 3.05) is 7.11 Å². The summed E-state index contributed by atoms with van der Waals surface area (Å²) in [5.41, 5.74) is 7.63. The first kappa shape index (κ1) is 16.5. The topological polar surface area (TPSA) is 76.8 Å². The zero-order valence-electron chi connectivity index (χ0n) is 15.8. The molecule has 0 radical (unpaired) electrons. The van der Waals surface area contributed by atoms with E-state index >= 15 is 0 Å². The maximum absolute atomic E-state index is 5.39. The van der Waals surface area contributed by atoms with Crippen molar-refractivity contribution >= 4 is 21.9 Å². The van der Waals surface area contributed by atoms with E-state index in [0.29, 0.717) is 6.01 Å². The van der Waals surface area contributed by atoms with Crippen LogP contribution < -0.4 is 4.74 Å². The first-order valence-electron chi connectivity index (χ1n) is 9.01. The summed E-state index contributed by atoms with van der Waals surface area (Å²) >= 11 is 0. The number of ether oxygens (including phenoxy) is 1. The molecule has 0 bridgehead atoms. The van der Waals surface area contributed by atoms with Crippen LogP contribution in [0.15, 0.2) is 53.2 Å². The van der Waals surface area contributed by atoms with Gasteiger partial charge in [-0.25, -0.2) is 0 Å². The number of aromatic nitrogens is 4. The molecule has 0 aliphatic carbocycles. The first-order chi connectivity index (χ1) is 13.7. The zero-order chi connectivity index (χ0) is 19.3. The van der Waals surface area contributed by atoms with Gasteiger partial charge in [0.25, 0.3) is 6.01 Å². The maximum Gasteiger partial charge on any atom is 0.294 e. The van der Waals surface area contributed by atoms with Gasteiger partial charge in [-0.1, -0.05) is 23.4 Å². The predicted octanol–water partition coefficient (Wildman–Crippen LogP) is 5.06. The molecule has 0 aliphatic heterocycles. The van der Waals surface area contributed by atoms with Gasteiger partial charge in [0, 0.05) is 22.7 Å². The Balaban J connectivity index is 1.88. The molecule has 1 N–H and O–H groups in total. The summed E-state index contributed by atoms with van der Waals surface area (Å²) in [5, 5.41) is 5.18. The average Bonchev–Trinajstić information content (AvgIpc) is 3.29. The van der Waals surface area contributed by atoms with Gasteiger partial charge in [0.1, 0.15) is 11.3 Å². The fraction of sp³-hybridized carbons (Fsp3) is 0.136. The summed E-state index contributed by atoms with van der Waals surface area (Å²) < 4.78 is 10.7. The highest BCUT2D eigenvalue weighted by atomic mass is 16.5. The second kappa shape index (κ2) is 6.20. The molecule has 0 aliphatic rings. The van der Waals surface area contributed by atoms with Gasteiger partial charge in [-0.2, -0.15) is 4.98 Å². The lowest BCUT2D eigenvalue weighted by atomic mass is 9.94. The van der Waals surface area contributed by atoms with E-state index in [1.165, 1.54) is 0 Å². The number of hydrogen-bond donors (Lipinski definition) is 1. The molecule has 0 unspecified atom stereocenters. The summed E-state index contributed by atoms with van der Waals surface area (Å²) in [6.07, 6.45) is 1.81. The monoisotopic (exact) mass is 370 g/mol. The standard InChI is InChI=1S/C22H18N4O2/c1-12-20(13(2)28-26-12)14-10-17(21-19(11-14)24-22(25-21)27-3)15-6-4-8-18-16(15)7-5-9-23-18/h4-11H,1-3H3,(H,24,25). The van der Waals surface area contributed by atoms with Crippen LogP contribution in [0.2, 0.25) is 0 Å². The van der Waals surface area contributed by atoms with E-state index in [9.17, 15) is 0 Å². The molecular formula is C22H18N4O2. The van der Waals surface area contributed by atoms with Gasteiger partial charge in [0.05, 0.1) is 23.8 Å². The molecule has 138 valence electrons. The minimum absolute atomic E-state index is 0.477. The fourth-order valence-electron chi connectivity index (χ4n) is 3.77. The van der Waals surface area contributed by atoms with E-state index in [-0.39, 0.29) is 0 Å². The molecule has 28 heavy (non-hydrogen) atoms. The average molecular weight is 370 g/mol. The quantitative estimate of drug-likeness (QED) is 0.480. The molecule has 3 heterocycles. The van der Waals surface area contributed by atoms with Crippen LogP contribution in [0.1, 0.15) is 11.5 Å². The number of rotatable bonds is 3. The van der Waals surface area contributed by atoms with E-state index in [4.69, 9.17) is 9.26 Å². The van der Waals surface area contributed by atoms with Crippen LogP contribution in [-0.4, -0.2) is 27.2 Å². The summed E-state index contributed by atoms with van der Waals surface area (Å²) in [6, 6.07) is 14.8. The van der Waals surface area contributed by atoms with Crippen LogP contribution in [0.4, 0.5) is 0 Å². The summed E-state index contributed by atoms with van der Waals surface area (Å²) in [4.78, 5) is 12.4. The van der Waals surface area contributed by atoms with Crippen LogP contribution in [0.3, 0.4) is 0 Å². The lowest BCUT2D eigenvalue weighted by Gasteiger charge is -2.10. The lowest BCUT2D eigenvalue weighted by molar-refractivity contribution is 0.386. The molecule has 0 fully saturated rings. The van der Waals surface area contributed by atoms with Gasteiger partial charge >= 0.3 is 0 Å². The highest BCUT2D eigenvalue weighted by Crippen LogP contribution is 2.38. The van der Waals surface area contributed by atoms with Crippen molar-refractivity contribution in [3.05, 3.63) is 60.1 Å². The minimum atomic E-state index is 0.477. The number of methoxy groups -OCH3 is 1. The summed E-state index contributed by atoms with van der Waals surface area (Å²) in [7, 11) is 1.61. The Labute approximate surface area is 161 Å². The lowest BCUT2D eigenvalue weighted by Crippen LogP contribution is -1.89. The third-order valence-electron chi connectivity index (χ3n) is 5.02. The molecular weight excluding hydrogens is 352 g/mol. The van der Waals surface area contributed by atoms with Crippen LogP contribution in [0, 0.1) is 13.8 Å². The van der Waals surface area contributed by atoms with Crippen LogP contribution >= 0.6 is 0 Å². The first-order valence-corrected chi connectivity index (χ1v) is 9.01. The second-order valence-electron chi connectivity index (χ2n) is 6.74. The molecule has 6 nitrogen and oxygen atoms in total. The van der Waals surface area contributed by atoms with E-state index in [0.717, 1.165) is 55.6 Å².